The second-order valence-corrected chi connectivity index (χ2v) is 6.35. The van der Waals surface area contributed by atoms with Crippen LogP contribution in [0, 0.1) is 23.7 Å². The van der Waals surface area contributed by atoms with Crippen LogP contribution < -0.4 is 10.3 Å². The molecule has 1 heterocycles. The summed E-state index contributed by atoms with van der Waals surface area (Å²) in [5.74, 6) is -0.905. The number of carboxylic acids is 1. The van der Waals surface area contributed by atoms with Gasteiger partial charge in [-0.05, 0) is 44.9 Å². The zero-order chi connectivity index (χ0) is 18.6. The summed E-state index contributed by atoms with van der Waals surface area (Å²) in [4.78, 5) is 27.3. The number of nitrogens with zero attached hydrogens (tertiary/aromatic N) is 3. The van der Waals surface area contributed by atoms with Gasteiger partial charge in [0.15, 0.2) is 0 Å². The highest BCUT2D eigenvalue weighted by Crippen LogP contribution is 2.25. The Hall–Kier alpha value is -3.14. The van der Waals surface area contributed by atoms with Crippen LogP contribution in [0.1, 0.15) is 36.2 Å². The van der Waals surface area contributed by atoms with Gasteiger partial charge in [0.25, 0.3) is 5.56 Å². The van der Waals surface area contributed by atoms with E-state index >= 15 is 0 Å². The van der Waals surface area contributed by atoms with Crippen LogP contribution in [0.5, 0.6) is 5.75 Å². The lowest BCUT2D eigenvalue weighted by atomic mass is 9.92. The number of benzene rings is 1. The lowest BCUT2D eigenvalue weighted by molar-refractivity contribution is 0.0694. The second-order valence-electron chi connectivity index (χ2n) is 6.35. The highest BCUT2D eigenvalue weighted by Gasteiger charge is 2.18. The topological polar surface area (TPSA) is 105 Å². The van der Waals surface area contributed by atoms with E-state index in [1.807, 2.05) is 20.8 Å². The summed E-state index contributed by atoms with van der Waals surface area (Å²) in [6.45, 7) is 5.80. The number of aryl methyl sites for hydroxylation is 1. The Labute approximate surface area is 145 Å². The molecule has 0 aliphatic rings. The number of nitriles is 1. The summed E-state index contributed by atoms with van der Waals surface area (Å²) in [5.41, 5.74) is -0.297. The van der Waals surface area contributed by atoms with Crippen molar-refractivity contribution < 1.29 is 14.6 Å². The van der Waals surface area contributed by atoms with Crippen LogP contribution in [-0.2, 0) is 0 Å². The van der Waals surface area contributed by atoms with E-state index < -0.39 is 22.5 Å². The summed E-state index contributed by atoms with van der Waals surface area (Å²) in [6.07, 6.45) is 2.79. The van der Waals surface area contributed by atoms with Gasteiger partial charge in [-0.1, -0.05) is 6.07 Å². The minimum Gasteiger partial charge on any atom is -0.491 e. The molecule has 130 valence electrons. The van der Waals surface area contributed by atoms with Crippen LogP contribution in [0.25, 0.3) is 5.69 Å². The van der Waals surface area contributed by atoms with Crippen molar-refractivity contribution >= 4 is 5.97 Å². The summed E-state index contributed by atoms with van der Waals surface area (Å²) in [6, 6.07) is 7.43. The molecule has 0 aliphatic heterocycles. The largest absolute Gasteiger partial charge is 0.491 e. The van der Waals surface area contributed by atoms with Crippen molar-refractivity contribution in [3.8, 4) is 17.5 Å². The number of carbonyl (C=O) groups is 1. The smallest absolute Gasteiger partial charge is 0.342 e. The highest BCUT2D eigenvalue weighted by atomic mass is 16.5. The minimum atomic E-state index is -1.34. The van der Waals surface area contributed by atoms with Crippen molar-refractivity contribution in [2.45, 2.75) is 27.2 Å². The van der Waals surface area contributed by atoms with Crippen molar-refractivity contribution in [1.82, 2.24) is 9.55 Å². The molecule has 0 bridgehead atoms. The van der Waals surface area contributed by atoms with Crippen molar-refractivity contribution in [1.29, 1.82) is 5.26 Å². The standard InChI is InChI=1S/C18H19N3O4/c1-12-4-5-14(15(8-12)25-7-6-18(2,3)10-19)21-11-20-9-13(16(21)22)17(23)24/h4-5,8-9,11H,6-7H2,1-3H3,(H,23,24). The highest BCUT2D eigenvalue weighted by molar-refractivity contribution is 5.86. The van der Waals surface area contributed by atoms with Gasteiger partial charge in [-0.25, -0.2) is 9.78 Å². The van der Waals surface area contributed by atoms with Gasteiger partial charge in [0, 0.05) is 6.20 Å². The number of hydrogen-bond donors (Lipinski definition) is 1. The van der Waals surface area contributed by atoms with Gasteiger partial charge < -0.3 is 9.84 Å². The van der Waals surface area contributed by atoms with E-state index in [1.54, 1.807) is 18.2 Å². The number of carboxylic acid groups (broad SMARTS) is 1. The quantitative estimate of drug-likeness (QED) is 0.865. The number of aromatic carboxylic acids is 1. The first kappa shape index (κ1) is 18.2. The van der Waals surface area contributed by atoms with E-state index in [0.717, 1.165) is 16.3 Å². The van der Waals surface area contributed by atoms with Crippen molar-refractivity contribution in [2.24, 2.45) is 5.41 Å². The molecule has 7 heteroatoms. The van der Waals surface area contributed by atoms with E-state index in [9.17, 15) is 9.59 Å². The molecule has 0 amide bonds. The molecule has 25 heavy (non-hydrogen) atoms. The molecule has 0 fully saturated rings. The van der Waals surface area contributed by atoms with Gasteiger partial charge in [0.05, 0.1) is 23.8 Å². The monoisotopic (exact) mass is 341 g/mol. The molecule has 7 nitrogen and oxygen atoms in total. The van der Waals surface area contributed by atoms with E-state index in [0.29, 0.717) is 17.9 Å². The van der Waals surface area contributed by atoms with E-state index in [4.69, 9.17) is 15.1 Å². The van der Waals surface area contributed by atoms with Crippen LogP contribution in [0.15, 0.2) is 35.5 Å². The molecular weight excluding hydrogens is 322 g/mol. The van der Waals surface area contributed by atoms with Gasteiger partial charge >= 0.3 is 5.97 Å². The molecule has 2 aromatic rings. The second kappa shape index (κ2) is 7.18. The van der Waals surface area contributed by atoms with Gasteiger partial charge in [0.2, 0.25) is 0 Å². The molecule has 2 rings (SSSR count). The fourth-order valence-electron chi connectivity index (χ4n) is 2.14. The first-order valence-electron chi connectivity index (χ1n) is 7.70. The number of ether oxygens (including phenoxy) is 1. The van der Waals surface area contributed by atoms with Crippen LogP contribution in [0.3, 0.4) is 0 Å². The zero-order valence-electron chi connectivity index (χ0n) is 14.3. The van der Waals surface area contributed by atoms with E-state index in [-0.39, 0.29) is 6.61 Å². The Morgan fingerprint density at radius 1 is 1.44 bits per heavy atom. The van der Waals surface area contributed by atoms with Crippen LogP contribution in [-0.4, -0.2) is 27.2 Å². The molecule has 0 unspecified atom stereocenters. The first-order valence-corrected chi connectivity index (χ1v) is 7.70. The molecule has 0 spiro atoms. The summed E-state index contributed by atoms with van der Waals surface area (Å²) >= 11 is 0. The van der Waals surface area contributed by atoms with Gasteiger partial charge in [0.1, 0.15) is 17.6 Å². The lowest BCUT2D eigenvalue weighted by Gasteiger charge is -2.18. The molecule has 0 radical (unpaired) electrons. The van der Waals surface area contributed by atoms with Crippen molar-refractivity contribution in [3.05, 3.63) is 52.2 Å². The Kier molecular flexibility index (Phi) is 5.22. The zero-order valence-corrected chi connectivity index (χ0v) is 14.3. The number of hydrogen-bond acceptors (Lipinski definition) is 5. The molecule has 1 N–H and O–H groups in total. The molecule has 1 aromatic carbocycles. The normalized spacial score (nSPS) is 11.0. The molecule has 0 atom stereocenters. The fourth-order valence-corrected chi connectivity index (χ4v) is 2.14. The molecule has 0 saturated carbocycles. The maximum absolute atomic E-state index is 12.4. The Bertz CT molecular complexity index is 894. The van der Waals surface area contributed by atoms with Gasteiger partial charge in [-0.3, -0.25) is 9.36 Å². The third-order valence-electron chi connectivity index (χ3n) is 3.73. The summed E-state index contributed by atoms with van der Waals surface area (Å²) in [5, 5.41) is 18.2. The predicted molar refractivity (Wildman–Crippen MR) is 91.0 cm³/mol. The third kappa shape index (κ3) is 4.23. The van der Waals surface area contributed by atoms with E-state index in [1.165, 1.54) is 6.33 Å². The van der Waals surface area contributed by atoms with Crippen molar-refractivity contribution in [2.75, 3.05) is 6.61 Å². The average Bonchev–Trinajstić information content (AvgIpc) is 2.55. The Balaban J connectivity index is 2.40. The number of rotatable bonds is 6. The van der Waals surface area contributed by atoms with Crippen LogP contribution in [0.2, 0.25) is 0 Å². The Morgan fingerprint density at radius 3 is 2.80 bits per heavy atom. The lowest BCUT2D eigenvalue weighted by Crippen LogP contribution is -2.26. The molecule has 1 aromatic heterocycles. The van der Waals surface area contributed by atoms with Gasteiger partial charge in [-0.15, -0.1) is 0 Å². The third-order valence-corrected chi connectivity index (χ3v) is 3.73. The Morgan fingerprint density at radius 2 is 2.16 bits per heavy atom. The van der Waals surface area contributed by atoms with E-state index in [2.05, 4.69) is 11.1 Å². The minimum absolute atomic E-state index is 0.289. The van der Waals surface area contributed by atoms with Crippen molar-refractivity contribution in [3.63, 3.8) is 0 Å². The predicted octanol–water partition coefficient (Wildman–Crippen LogP) is 2.56. The average molecular weight is 341 g/mol. The molecule has 0 aliphatic carbocycles. The summed E-state index contributed by atoms with van der Waals surface area (Å²) in [7, 11) is 0. The molecular formula is C18H19N3O4. The maximum atomic E-state index is 12.4. The van der Waals surface area contributed by atoms with Crippen LogP contribution in [0.4, 0.5) is 0 Å². The first-order chi connectivity index (χ1) is 11.7. The maximum Gasteiger partial charge on any atom is 0.342 e. The number of aromatic nitrogens is 2. The molecule has 0 saturated heterocycles. The fraction of sp³-hybridized carbons (Fsp3) is 0.333. The summed E-state index contributed by atoms with van der Waals surface area (Å²) < 4.78 is 6.93. The van der Waals surface area contributed by atoms with Gasteiger partial charge in [-0.2, -0.15) is 5.26 Å². The van der Waals surface area contributed by atoms with Crippen LogP contribution >= 0.6 is 0 Å². The SMILES string of the molecule is Cc1ccc(-n2cncc(C(=O)O)c2=O)c(OCCC(C)(C)C#N)c1.